The molecule has 2 nitrogen and oxygen atoms in total. The van der Waals surface area contributed by atoms with E-state index in [9.17, 15) is 0 Å². The number of nitrogens with zero attached hydrogens (tertiary/aromatic N) is 1. The van der Waals surface area contributed by atoms with Gasteiger partial charge in [-0.1, -0.05) is 23.2 Å². The van der Waals surface area contributed by atoms with Crippen molar-refractivity contribution < 1.29 is 0 Å². The molecule has 1 rings (SSSR count). The van der Waals surface area contributed by atoms with Crippen LogP contribution in [0.5, 0.6) is 0 Å². The maximum absolute atomic E-state index is 5.60. The second-order valence-corrected chi connectivity index (χ2v) is 2.56. The van der Waals surface area contributed by atoms with E-state index in [-0.39, 0.29) is 0 Å². The van der Waals surface area contributed by atoms with Gasteiger partial charge in [-0.05, 0) is 13.0 Å². The predicted molar refractivity (Wildman–Crippen MR) is 39.3 cm³/mol. The van der Waals surface area contributed by atoms with Crippen LogP contribution in [0, 0.1) is 6.92 Å². The zero-order chi connectivity index (χ0) is 7.02. The smallest absolute Gasteiger partial charge is 0.146 e. The van der Waals surface area contributed by atoms with Gasteiger partial charge in [0.2, 0.25) is 0 Å². The molecule has 9 heavy (non-hydrogen) atoms. The predicted octanol–water partition coefficient (Wildman–Crippen LogP) is 1.82. The lowest BCUT2D eigenvalue weighted by Crippen LogP contribution is -2.08. The van der Waals surface area contributed by atoms with E-state index in [0.717, 1.165) is 5.69 Å². The third kappa shape index (κ3) is 1.00. The van der Waals surface area contributed by atoms with E-state index in [4.69, 9.17) is 29.0 Å². The minimum atomic E-state index is 0.383. The summed E-state index contributed by atoms with van der Waals surface area (Å²) in [7, 11) is 0. The number of aryl methyl sites for hydroxylation is 1. The van der Waals surface area contributed by atoms with Gasteiger partial charge in [-0.2, -0.15) is 0 Å². The van der Waals surface area contributed by atoms with Crippen LogP contribution in [0.1, 0.15) is 5.69 Å². The summed E-state index contributed by atoms with van der Waals surface area (Å²) < 4.78 is 1.34. The van der Waals surface area contributed by atoms with Crippen molar-refractivity contribution in [2.45, 2.75) is 6.92 Å². The van der Waals surface area contributed by atoms with Gasteiger partial charge < -0.3 is 5.84 Å². The molecule has 1 heterocycles. The molecule has 0 fully saturated rings. The minimum absolute atomic E-state index is 0.383. The summed E-state index contributed by atoms with van der Waals surface area (Å²) in [6.45, 7) is 1.83. The van der Waals surface area contributed by atoms with E-state index < -0.39 is 0 Å². The molecular formula is C5H6Cl2N2. The topological polar surface area (TPSA) is 30.9 Å². The summed E-state index contributed by atoms with van der Waals surface area (Å²) in [6, 6.07) is 1.71. The highest BCUT2D eigenvalue weighted by Crippen LogP contribution is 2.22. The van der Waals surface area contributed by atoms with Crippen molar-refractivity contribution in [1.29, 1.82) is 0 Å². The highest BCUT2D eigenvalue weighted by Gasteiger charge is 2.04. The lowest BCUT2D eigenvalue weighted by molar-refractivity contribution is 0.963. The van der Waals surface area contributed by atoms with Crippen LogP contribution >= 0.6 is 23.2 Å². The molecule has 0 aromatic carbocycles. The Bertz CT molecular complexity index is 207. The molecule has 0 aliphatic heterocycles. The Morgan fingerprint density at radius 2 is 2.11 bits per heavy atom. The monoisotopic (exact) mass is 164 g/mol. The maximum atomic E-state index is 5.60. The lowest BCUT2D eigenvalue weighted by atomic mass is 10.5. The average Bonchev–Trinajstić information content (AvgIpc) is 1.98. The summed E-state index contributed by atoms with van der Waals surface area (Å²) in [5.74, 6) is 5.40. The van der Waals surface area contributed by atoms with Gasteiger partial charge in [0.1, 0.15) is 5.15 Å². The summed E-state index contributed by atoms with van der Waals surface area (Å²) in [5, 5.41) is 0.880. The molecule has 4 heteroatoms. The van der Waals surface area contributed by atoms with E-state index in [2.05, 4.69) is 0 Å². The van der Waals surface area contributed by atoms with Gasteiger partial charge in [-0.25, -0.2) is 0 Å². The van der Waals surface area contributed by atoms with Gasteiger partial charge in [-0.15, -0.1) is 0 Å². The van der Waals surface area contributed by atoms with Crippen LogP contribution in [0.4, 0.5) is 0 Å². The van der Waals surface area contributed by atoms with Crippen molar-refractivity contribution in [2.75, 3.05) is 5.84 Å². The Kier molecular flexibility index (Phi) is 1.60. The van der Waals surface area contributed by atoms with E-state index in [0.29, 0.717) is 10.2 Å². The third-order valence-corrected chi connectivity index (χ3v) is 1.89. The Hall–Kier alpha value is -0.340. The molecule has 0 unspecified atom stereocenters. The average molecular weight is 165 g/mol. The number of rotatable bonds is 0. The van der Waals surface area contributed by atoms with E-state index >= 15 is 0 Å². The Morgan fingerprint density at radius 1 is 1.56 bits per heavy atom. The molecule has 0 atom stereocenters. The van der Waals surface area contributed by atoms with Gasteiger partial charge in [0.15, 0.2) is 0 Å². The number of nitrogens with two attached hydrogens (primary N) is 1. The first-order chi connectivity index (χ1) is 4.13. The van der Waals surface area contributed by atoms with E-state index in [1.54, 1.807) is 6.07 Å². The zero-order valence-electron chi connectivity index (χ0n) is 4.86. The largest absolute Gasteiger partial charge is 0.338 e. The van der Waals surface area contributed by atoms with Crippen LogP contribution in [0.2, 0.25) is 10.2 Å². The number of halogens is 2. The fourth-order valence-electron chi connectivity index (χ4n) is 0.582. The summed E-state index contributed by atoms with van der Waals surface area (Å²) in [6.07, 6.45) is 0. The highest BCUT2D eigenvalue weighted by molar-refractivity contribution is 6.41. The number of aromatic nitrogens is 1. The van der Waals surface area contributed by atoms with Crippen LogP contribution < -0.4 is 5.84 Å². The second-order valence-electron chi connectivity index (χ2n) is 1.79. The molecule has 50 valence electrons. The van der Waals surface area contributed by atoms with E-state index in [1.165, 1.54) is 4.68 Å². The molecule has 0 spiro atoms. The quantitative estimate of drug-likeness (QED) is 0.584. The molecule has 1 aromatic heterocycles. The van der Waals surface area contributed by atoms with Crippen molar-refractivity contribution in [2.24, 2.45) is 0 Å². The Morgan fingerprint density at radius 3 is 2.22 bits per heavy atom. The number of nitrogen functional groups attached to an aromatic ring is 1. The number of hydrogen-bond donors (Lipinski definition) is 1. The highest BCUT2D eigenvalue weighted by atomic mass is 35.5. The molecular weight excluding hydrogens is 159 g/mol. The summed E-state index contributed by atoms with van der Waals surface area (Å²) >= 11 is 11.2. The molecule has 0 aliphatic carbocycles. The van der Waals surface area contributed by atoms with Gasteiger partial charge >= 0.3 is 0 Å². The van der Waals surface area contributed by atoms with Crippen LogP contribution in [-0.2, 0) is 0 Å². The van der Waals surface area contributed by atoms with Crippen LogP contribution in [0.15, 0.2) is 6.07 Å². The molecule has 0 saturated carbocycles. The van der Waals surface area contributed by atoms with Crippen LogP contribution in [0.3, 0.4) is 0 Å². The molecule has 0 bridgehead atoms. The molecule has 0 aliphatic rings. The van der Waals surface area contributed by atoms with Crippen molar-refractivity contribution in [3.8, 4) is 0 Å². The normalized spacial score (nSPS) is 10.1. The third-order valence-electron chi connectivity index (χ3n) is 1.12. The fourth-order valence-corrected chi connectivity index (χ4v) is 1.02. The molecule has 1 aromatic rings. The Labute approximate surface area is 63.1 Å². The molecule has 2 N–H and O–H groups in total. The van der Waals surface area contributed by atoms with Crippen LogP contribution in [-0.4, -0.2) is 4.68 Å². The van der Waals surface area contributed by atoms with Gasteiger partial charge in [0, 0.05) is 5.69 Å². The van der Waals surface area contributed by atoms with Crippen molar-refractivity contribution >= 4 is 23.2 Å². The lowest BCUT2D eigenvalue weighted by Gasteiger charge is -1.95. The molecule has 0 amide bonds. The first-order valence-electron chi connectivity index (χ1n) is 2.41. The van der Waals surface area contributed by atoms with Gasteiger partial charge in [-0.3, -0.25) is 4.68 Å². The second kappa shape index (κ2) is 2.12. The SMILES string of the molecule is Cc1cc(Cl)c(Cl)n1N. The van der Waals surface area contributed by atoms with Crippen molar-refractivity contribution in [3.05, 3.63) is 21.9 Å². The minimum Gasteiger partial charge on any atom is -0.338 e. The van der Waals surface area contributed by atoms with Crippen LogP contribution in [0.25, 0.3) is 0 Å². The molecule has 0 radical (unpaired) electrons. The fraction of sp³-hybridized carbons (Fsp3) is 0.200. The first-order valence-corrected chi connectivity index (χ1v) is 3.17. The summed E-state index contributed by atoms with van der Waals surface area (Å²) in [4.78, 5) is 0. The van der Waals surface area contributed by atoms with Gasteiger partial charge in [0.05, 0.1) is 5.02 Å². The maximum Gasteiger partial charge on any atom is 0.146 e. The van der Waals surface area contributed by atoms with Crippen molar-refractivity contribution in [3.63, 3.8) is 0 Å². The zero-order valence-corrected chi connectivity index (χ0v) is 6.37. The number of hydrogen-bond acceptors (Lipinski definition) is 1. The Balaban J connectivity index is 3.29. The standard InChI is InChI=1S/C5H6Cl2N2/c1-3-2-4(6)5(7)9(3)8/h2H,8H2,1H3. The van der Waals surface area contributed by atoms with E-state index in [1.807, 2.05) is 6.92 Å². The van der Waals surface area contributed by atoms with Gasteiger partial charge in [0.25, 0.3) is 0 Å². The summed E-state index contributed by atoms with van der Waals surface area (Å²) in [5.41, 5.74) is 0.852. The first kappa shape index (κ1) is 6.78. The molecule has 0 saturated heterocycles. The van der Waals surface area contributed by atoms with Crippen molar-refractivity contribution in [1.82, 2.24) is 4.68 Å².